The van der Waals surface area contributed by atoms with Crippen LogP contribution in [0.15, 0.2) is 56.3 Å². The van der Waals surface area contributed by atoms with Crippen LogP contribution in [-0.4, -0.2) is 11.8 Å². The molecule has 0 aliphatic rings. The number of hydrogen-bond acceptors (Lipinski definition) is 3. The summed E-state index contributed by atoms with van der Waals surface area (Å²) in [6.45, 7) is 0. The van der Waals surface area contributed by atoms with E-state index in [0.717, 1.165) is 31.7 Å². The molecular formula is C15H15Br2ClN2S. The van der Waals surface area contributed by atoms with Gasteiger partial charge in [-0.15, -0.1) is 11.8 Å². The van der Waals surface area contributed by atoms with Crippen LogP contribution in [0, 0.1) is 0 Å². The van der Waals surface area contributed by atoms with Crippen molar-refractivity contribution in [3.63, 3.8) is 0 Å². The molecule has 0 heterocycles. The first-order valence-corrected chi connectivity index (χ1v) is 9.32. The molecule has 0 aromatic heterocycles. The van der Waals surface area contributed by atoms with E-state index in [1.165, 1.54) is 4.90 Å². The van der Waals surface area contributed by atoms with Gasteiger partial charge in [-0.05, 0) is 52.2 Å². The number of thioether (sulfide) groups is 1. The monoisotopic (exact) mass is 448 g/mol. The highest BCUT2D eigenvalue weighted by Crippen LogP contribution is 2.28. The molecule has 0 bridgehead atoms. The Morgan fingerprint density at radius 3 is 2.62 bits per heavy atom. The molecule has 0 spiro atoms. The van der Waals surface area contributed by atoms with Gasteiger partial charge in [-0.1, -0.05) is 45.7 Å². The Balaban J connectivity index is 1.99. The lowest BCUT2D eigenvalue weighted by Gasteiger charge is -2.17. The molecule has 21 heavy (non-hydrogen) atoms. The van der Waals surface area contributed by atoms with Crippen molar-refractivity contribution >= 4 is 55.2 Å². The second-order valence-corrected chi connectivity index (χ2v) is 7.78. The summed E-state index contributed by atoms with van der Waals surface area (Å²) in [6.07, 6.45) is 0.792. The molecule has 0 fully saturated rings. The number of hydrazine groups is 1. The summed E-state index contributed by atoms with van der Waals surface area (Å²) in [4.78, 5) is 1.21. The van der Waals surface area contributed by atoms with Gasteiger partial charge < -0.3 is 0 Å². The van der Waals surface area contributed by atoms with Crippen LogP contribution in [0.4, 0.5) is 0 Å². The Morgan fingerprint density at radius 2 is 1.95 bits per heavy atom. The second kappa shape index (κ2) is 8.56. The molecule has 2 rings (SSSR count). The minimum absolute atomic E-state index is 0.154. The quantitative estimate of drug-likeness (QED) is 0.368. The van der Waals surface area contributed by atoms with E-state index in [2.05, 4.69) is 43.4 Å². The van der Waals surface area contributed by atoms with Gasteiger partial charge >= 0.3 is 0 Å². The van der Waals surface area contributed by atoms with Gasteiger partial charge in [0.25, 0.3) is 0 Å². The molecule has 0 radical (unpaired) electrons. The van der Waals surface area contributed by atoms with Crippen molar-refractivity contribution in [2.24, 2.45) is 5.84 Å². The Kier molecular flexibility index (Phi) is 7.05. The summed E-state index contributed by atoms with van der Waals surface area (Å²) >= 11 is 15.0. The maximum absolute atomic E-state index is 6.26. The molecule has 3 N–H and O–H groups in total. The molecule has 0 saturated carbocycles. The standard InChI is InChI=1S/C15H15Br2ClN2S/c16-11-6-5-10(14(18)8-11)7-12(20-19)9-21-15-4-2-1-3-13(15)17/h1-6,8,12,20H,7,9,19H2. The summed E-state index contributed by atoms with van der Waals surface area (Å²) in [5.41, 5.74) is 3.97. The fourth-order valence-corrected chi connectivity index (χ4v) is 4.23. The van der Waals surface area contributed by atoms with Crippen LogP contribution in [0.1, 0.15) is 5.56 Å². The Labute approximate surface area is 151 Å². The first-order chi connectivity index (χ1) is 10.1. The Morgan fingerprint density at radius 1 is 1.19 bits per heavy atom. The number of nitrogens with two attached hydrogens (primary N) is 1. The minimum atomic E-state index is 0.154. The van der Waals surface area contributed by atoms with Crippen LogP contribution in [0.5, 0.6) is 0 Å². The van der Waals surface area contributed by atoms with E-state index in [4.69, 9.17) is 17.4 Å². The number of benzene rings is 2. The molecule has 2 aromatic rings. The summed E-state index contributed by atoms with van der Waals surface area (Å²) in [7, 11) is 0. The third kappa shape index (κ3) is 5.27. The first-order valence-electron chi connectivity index (χ1n) is 6.37. The van der Waals surface area contributed by atoms with Crippen molar-refractivity contribution in [3.8, 4) is 0 Å². The smallest absolute Gasteiger partial charge is 0.0449 e. The minimum Gasteiger partial charge on any atom is -0.271 e. The highest BCUT2D eigenvalue weighted by Gasteiger charge is 2.12. The van der Waals surface area contributed by atoms with Crippen molar-refractivity contribution in [2.45, 2.75) is 17.4 Å². The average molecular weight is 451 g/mol. The molecule has 1 unspecified atom stereocenters. The first kappa shape index (κ1) is 17.3. The predicted octanol–water partition coefficient (Wildman–Crippen LogP) is 5.03. The summed E-state index contributed by atoms with van der Waals surface area (Å²) in [5.74, 6) is 6.54. The molecule has 112 valence electrons. The van der Waals surface area contributed by atoms with E-state index in [0.29, 0.717) is 0 Å². The highest BCUT2D eigenvalue weighted by atomic mass is 79.9. The van der Waals surface area contributed by atoms with E-state index in [1.807, 2.05) is 36.4 Å². The maximum Gasteiger partial charge on any atom is 0.0449 e. The largest absolute Gasteiger partial charge is 0.271 e. The van der Waals surface area contributed by atoms with Crippen molar-refractivity contribution in [1.82, 2.24) is 5.43 Å². The Bertz CT molecular complexity index is 610. The van der Waals surface area contributed by atoms with Crippen molar-refractivity contribution in [3.05, 3.63) is 62.0 Å². The summed E-state index contributed by atoms with van der Waals surface area (Å²) in [6, 6.07) is 14.3. The molecule has 2 nitrogen and oxygen atoms in total. The molecule has 2 aromatic carbocycles. The van der Waals surface area contributed by atoms with Crippen LogP contribution in [0.2, 0.25) is 5.02 Å². The number of nitrogens with one attached hydrogen (secondary N) is 1. The fourth-order valence-electron chi connectivity index (χ4n) is 1.87. The predicted molar refractivity (Wildman–Crippen MR) is 98.8 cm³/mol. The van der Waals surface area contributed by atoms with Gasteiger partial charge in [-0.2, -0.15) is 0 Å². The van der Waals surface area contributed by atoms with Crippen molar-refractivity contribution in [1.29, 1.82) is 0 Å². The Hall–Kier alpha value is -0.0400. The van der Waals surface area contributed by atoms with Gasteiger partial charge in [0.2, 0.25) is 0 Å². The topological polar surface area (TPSA) is 38.0 Å². The van der Waals surface area contributed by atoms with E-state index in [-0.39, 0.29) is 6.04 Å². The molecule has 6 heteroatoms. The lowest BCUT2D eigenvalue weighted by Crippen LogP contribution is -2.38. The van der Waals surface area contributed by atoms with Crippen LogP contribution < -0.4 is 11.3 Å². The lowest BCUT2D eigenvalue weighted by molar-refractivity contribution is 0.575. The van der Waals surface area contributed by atoms with Crippen LogP contribution >= 0.6 is 55.2 Å². The van der Waals surface area contributed by atoms with Crippen LogP contribution in [0.3, 0.4) is 0 Å². The third-order valence-electron chi connectivity index (χ3n) is 2.99. The van der Waals surface area contributed by atoms with Gasteiger partial charge in [0.1, 0.15) is 0 Å². The molecule has 0 saturated heterocycles. The summed E-state index contributed by atoms with van der Waals surface area (Å²) < 4.78 is 2.09. The average Bonchev–Trinajstić information content (AvgIpc) is 2.47. The van der Waals surface area contributed by atoms with E-state index < -0.39 is 0 Å². The number of halogens is 3. The summed E-state index contributed by atoms with van der Waals surface area (Å²) in [5, 5.41) is 0.760. The molecule has 0 amide bonds. The van der Waals surface area contributed by atoms with E-state index in [1.54, 1.807) is 11.8 Å². The zero-order valence-electron chi connectivity index (χ0n) is 11.2. The molecule has 0 aliphatic carbocycles. The van der Waals surface area contributed by atoms with Crippen LogP contribution in [0.25, 0.3) is 0 Å². The van der Waals surface area contributed by atoms with Crippen LogP contribution in [-0.2, 0) is 6.42 Å². The number of rotatable bonds is 6. The van der Waals surface area contributed by atoms with Gasteiger partial charge in [-0.3, -0.25) is 11.3 Å². The lowest BCUT2D eigenvalue weighted by atomic mass is 10.1. The molecule has 0 aliphatic heterocycles. The van der Waals surface area contributed by atoms with Gasteiger partial charge in [0.15, 0.2) is 0 Å². The van der Waals surface area contributed by atoms with Crippen molar-refractivity contribution < 1.29 is 0 Å². The van der Waals surface area contributed by atoms with E-state index >= 15 is 0 Å². The highest BCUT2D eigenvalue weighted by molar-refractivity contribution is 9.10. The SMILES string of the molecule is NNC(CSc1ccccc1Br)Cc1ccc(Br)cc1Cl. The maximum atomic E-state index is 6.26. The van der Waals surface area contributed by atoms with Gasteiger partial charge in [0, 0.05) is 30.7 Å². The fraction of sp³-hybridized carbons (Fsp3) is 0.200. The van der Waals surface area contributed by atoms with Crippen molar-refractivity contribution in [2.75, 3.05) is 5.75 Å². The zero-order chi connectivity index (χ0) is 15.2. The third-order valence-corrected chi connectivity index (χ3v) is 6.03. The second-order valence-electron chi connectivity index (χ2n) is 4.54. The normalized spacial score (nSPS) is 12.4. The zero-order valence-corrected chi connectivity index (χ0v) is 15.9. The number of hydrogen-bond donors (Lipinski definition) is 2. The van der Waals surface area contributed by atoms with Gasteiger partial charge in [0.05, 0.1) is 0 Å². The molecule has 1 atom stereocenters. The molecular weight excluding hydrogens is 436 g/mol. The van der Waals surface area contributed by atoms with Gasteiger partial charge in [-0.25, -0.2) is 0 Å². The van der Waals surface area contributed by atoms with E-state index in [9.17, 15) is 0 Å².